The van der Waals surface area contributed by atoms with Crippen molar-refractivity contribution in [2.75, 3.05) is 13.2 Å². The van der Waals surface area contributed by atoms with Crippen molar-refractivity contribution in [3.63, 3.8) is 0 Å². The molecule has 1 aliphatic rings. The highest BCUT2D eigenvalue weighted by atomic mass is 79.9. The molecule has 0 unspecified atom stereocenters. The third-order valence-electron chi connectivity index (χ3n) is 4.05. The lowest BCUT2D eigenvalue weighted by atomic mass is 9.66. The SMILES string of the molecule is CC(C)(C)[C@]1(COc2cncc(Br)c2)CCN1C(=O)O. The van der Waals surface area contributed by atoms with Crippen LogP contribution in [0.4, 0.5) is 4.79 Å². The van der Waals surface area contributed by atoms with Crippen LogP contribution in [0.3, 0.4) is 0 Å². The van der Waals surface area contributed by atoms with Gasteiger partial charge in [-0.2, -0.15) is 0 Å². The van der Waals surface area contributed by atoms with Gasteiger partial charge in [0, 0.05) is 17.2 Å². The van der Waals surface area contributed by atoms with E-state index in [1.807, 2.05) is 26.8 Å². The molecule has 1 aromatic rings. The highest BCUT2D eigenvalue weighted by Crippen LogP contribution is 2.45. The van der Waals surface area contributed by atoms with Gasteiger partial charge in [0.25, 0.3) is 0 Å². The van der Waals surface area contributed by atoms with E-state index >= 15 is 0 Å². The van der Waals surface area contributed by atoms with Crippen molar-refractivity contribution < 1.29 is 14.6 Å². The first-order chi connectivity index (χ1) is 9.26. The van der Waals surface area contributed by atoms with Gasteiger partial charge in [0.15, 0.2) is 0 Å². The van der Waals surface area contributed by atoms with Crippen LogP contribution in [0.2, 0.25) is 0 Å². The first kappa shape index (κ1) is 15.1. The Morgan fingerprint density at radius 2 is 2.25 bits per heavy atom. The van der Waals surface area contributed by atoms with Crippen LogP contribution in [0.1, 0.15) is 27.2 Å². The van der Waals surface area contributed by atoms with Crippen LogP contribution in [-0.4, -0.2) is 39.8 Å². The monoisotopic (exact) mass is 342 g/mol. The zero-order valence-electron chi connectivity index (χ0n) is 11.9. The molecule has 6 heteroatoms. The van der Waals surface area contributed by atoms with Crippen molar-refractivity contribution >= 4 is 22.0 Å². The molecular formula is C14H19BrN2O3. The quantitative estimate of drug-likeness (QED) is 0.914. The maximum atomic E-state index is 11.4. The molecule has 1 atom stereocenters. The highest BCUT2D eigenvalue weighted by molar-refractivity contribution is 9.10. The van der Waals surface area contributed by atoms with Crippen molar-refractivity contribution in [2.45, 2.75) is 32.7 Å². The van der Waals surface area contributed by atoms with Crippen LogP contribution in [-0.2, 0) is 0 Å². The summed E-state index contributed by atoms with van der Waals surface area (Å²) in [5, 5.41) is 9.32. The molecule has 0 spiro atoms. The molecule has 0 radical (unpaired) electrons. The third kappa shape index (κ3) is 2.61. The van der Waals surface area contributed by atoms with Gasteiger partial charge in [-0.05, 0) is 33.8 Å². The predicted octanol–water partition coefficient (Wildman–Crippen LogP) is 3.39. The van der Waals surface area contributed by atoms with Crippen LogP contribution in [0, 0.1) is 5.41 Å². The van der Waals surface area contributed by atoms with Gasteiger partial charge in [-0.15, -0.1) is 0 Å². The smallest absolute Gasteiger partial charge is 0.407 e. The minimum Gasteiger partial charge on any atom is -0.489 e. The fraction of sp³-hybridized carbons (Fsp3) is 0.571. The summed E-state index contributed by atoms with van der Waals surface area (Å²) >= 11 is 3.34. The van der Waals surface area contributed by atoms with Gasteiger partial charge in [0.05, 0.1) is 11.7 Å². The van der Waals surface area contributed by atoms with E-state index in [1.165, 1.54) is 4.90 Å². The molecule has 1 fully saturated rings. The Morgan fingerprint density at radius 1 is 1.55 bits per heavy atom. The number of carboxylic acid groups (broad SMARTS) is 1. The molecule has 1 saturated heterocycles. The van der Waals surface area contributed by atoms with E-state index in [0.29, 0.717) is 18.9 Å². The lowest BCUT2D eigenvalue weighted by Crippen LogP contribution is -2.70. The normalized spacial score (nSPS) is 22.3. The average Bonchev–Trinajstić information content (AvgIpc) is 2.25. The van der Waals surface area contributed by atoms with Crippen molar-refractivity contribution in [3.05, 3.63) is 22.9 Å². The second-order valence-corrected chi connectivity index (χ2v) is 7.01. The Balaban J connectivity index is 2.16. The zero-order chi connectivity index (χ0) is 15.0. The molecule has 0 aromatic carbocycles. The lowest BCUT2D eigenvalue weighted by Gasteiger charge is -2.57. The predicted molar refractivity (Wildman–Crippen MR) is 79.0 cm³/mol. The molecular weight excluding hydrogens is 324 g/mol. The fourth-order valence-corrected chi connectivity index (χ4v) is 2.94. The summed E-state index contributed by atoms with van der Waals surface area (Å²) in [5.41, 5.74) is -0.676. The van der Waals surface area contributed by atoms with Gasteiger partial charge in [-0.1, -0.05) is 20.8 Å². The van der Waals surface area contributed by atoms with Crippen LogP contribution in [0.25, 0.3) is 0 Å². The Hall–Kier alpha value is -1.30. The summed E-state index contributed by atoms with van der Waals surface area (Å²) in [6, 6.07) is 1.83. The van der Waals surface area contributed by atoms with Crippen LogP contribution in [0.15, 0.2) is 22.9 Å². The van der Waals surface area contributed by atoms with Gasteiger partial charge in [-0.25, -0.2) is 4.79 Å². The van der Waals surface area contributed by atoms with Crippen molar-refractivity contribution in [1.29, 1.82) is 0 Å². The van der Waals surface area contributed by atoms with Crippen LogP contribution >= 0.6 is 15.9 Å². The van der Waals surface area contributed by atoms with E-state index in [-0.39, 0.29) is 5.41 Å². The van der Waals surface area contributed by atoms with Gasteiger partial charge in [-0.3, -0.25) is 9.88 Å². The summed E-state index contributed by atoms with van der Waals surface area (Å²) in [5.74, 6) is 0.639. The first-order valence-electron chi connectivity index (χ1n) is 6.50. The molecule has 1 N–H and O–H groups in total. The number of carbonyl (C=O) groups is 1. The number of hydrogen-bond acceptors (Lipinski definition) is 3. The molecule has 2 heterocycles. The van der Waals surface area contributed by atoms with E-state index < -0.39 is 11.6 Å². The molecule has 20 heavy (non-hydrogen) atoms. The Kier molecular flexibility index (Phi) is 3.95. The molecule has 110 valence electrons. The summed E-state index contributed by atoms with van der Waals surface area (Å²) < 4.78 is 6.64. The molecule has 0 saturated carbocycles. The Labute approximate surface area is 127 Å². The molecule has 1 amide bonds. The molecule has 5 nitrogen and oxygen atoms in total. The molecule has 2 rings (SSSR count). The number of hydrogen-bond donors (Lipinski definition) is 1. The number of aromatic nitrogens is 1. The highest BCUT2D eigenvalue weighted by Gasteiger charge is 2.55. The topological polar surface area (TPSA) is 62.7 Å². The van der Waals surface area contributed by atoms with Gasteiger partial charge in [0.1, 0.15) is 12.4 Å². The first-order valence-corrected chi connectivity index (χ1v) is 7.29. The van der Waals surface area contributed by atoms with Crippen LogP contribution < -0.4 is 4.74 Å². The molecule has 0 bridgehead atoms. The Morgan fingerprint density at radius 3 is 2.70 bits per heavy atom. The minimum absolute atomic E-state index is 0.191. The van der Waals surface area contributed by atoms with Gasteiger partial charge >= 0.3 is 6.09 Å². The van der Waals surface area contributed by atoms with Crippen molar-refractivity contribution in [3.8, 4) is 5.75 Å². The number of nitrogens with zero attached hydrogens (tertiary/aromatic N) is 2. The molecule has 1 aromatic heterocycles. The second kappa shape index (κ2) is 5.24. The van der Waals surface area contributed by atoms with E-state index in [2.05, 4.69) is 20.9 Å². The van der Waals surface area contributed by atoms with Gasteiger partial charge in [0.2, 0.25) is 0 Å². The van der Waals surface area contributed by atoms with E-state index in [1.54, 1.807) is 12.4 Å². The number of halogens is 1. The number of pyridine rings is 1. The number of rotatable bonds is 3. The maximum absolute atomic E-state index is 11.4. The average molecular weight is 343 g/mol. The number of amides is 1. The standard InChI is InChI=1S/C14H19BrN2O3/c1-13(2,3)14(4-5-17(14)12(18)19)9-20-11-6-10(15)7-16-8-11/h6-8H,4-5,9H2,1-3H3,(H,18,19)/t14-/m1/s1. The van der Waals surface area contributed by atoms with E-state index in [9.17, 15) is 9.90 Å². The molecule has 0 aliphatic carbocycles. The van der Waals surface area contributed by atoms with Crippen LogP contribution in [0.5, 0.6) is 5.75 Å². The summed E-state index contributed by atoms with van der Waals surface area (Å²) in [4.78, 5) is 16.9. The fourth-order valence-electron chi connectivity index (χ4n) is 2.59. The number of ether oxygens (including phenoxy) is 1. The van der Waals surface area contributed by atoms with Crippen molar-refractivity contribution in [1.82, 2.24) is 9.88 Å². The number of likely N-dealkylation sites (tertiary alicyclic amines) is 1. The van der Waals surface area contributed by atoms with Gasteiger partial charge < -0.3 is 9.84 Å². The largest absolute Gasteiger partial charge is 0.489 e. The summed E-state index contributed by atoms with van der Waals surface area (Å²) in [6.45, 7) is 7.04. The zero-order valence-corrected chi connectivity index (χ0v) is 13.5. The maximum Gasteiger partial charge on any atom is 0.407 e. The van der Waals surface area contributed by atoms with Crippen molar-refractivity contribution in [2.24, 2.45) is 5.41 Å². The minimum atomic E-state index is -0.887. The second-order valence-electron chi connectivity index (χ2n) is 6.09. The van der Waals surface area contributed by atoms with E-state index in [4.69, 9.17) is 4.74 Å². The molecule has 1 aliphatic heterocycles. The third-order valence-corrected chi connectivity index (χ3v) is 4.48. The lowest BCUT2D eigenvalue weighted by molar-refractivity contribution is -0.0962. The Bertz CT molecular complexity index is 515. The summed E-state index contributed by atoms with van der Waals surface area (Å²) in [6.07, 6.45) is 3.23. The summed E-state index contributed by atoms with van der Waals surface area (Å²) in [7, 11) is 0. The van der Waals surface area contributed by atoms with E-state index in [0.717, 1.165) is 10.9 Å².